The SMILES string of the molecule is COCCCNC(=O)c1cc(NC(=O)Nc2ccc(Br)cc2)ccc1N1CCN(c2ccccc2OC)CC1. The molecule has 0 radical (unpaired) electrons. The Labute approximate surface area is 237 Å². The summed E-state index contributed by atoms with van der Waals surface area (Å²) in [7, 11) is 3.32. The number of para-hydroxylation sites is 2. The number of methoxy groups -OCH3 is 2. The van der Waals surface area contributed by atoms with Gasteiger partial charge in [0.25, 0.3) is 5.91 Å². The highest BCUT2D eigenvalue weighted by Crippen LogP contribution is 2.31. The summed E-state index contributed by atoms with van der Waals surface area (Å²) in [6, 6.07) is 20.4. The molecular formula is C29H34BrN5O4. The normalized spacial score (nSPS) is 13.1. The van der Waals surface area contributed by atoms with Crippen molar-refractivity contribution in [2.24, 2.45) is 0 Å². The van der Waals surface area contributed by atoms with E-state index in [1.165, 1.54) is 0 Å². The van der Waals surface area contributed by atoms with Gasteiger partial charge in [-0.25, -0.2) is 4.79 Å². The number of carbonyl (C=O) groups excluding carboxylic acids is 2. The van der Waals surface area contributed by atoms with E-state index in [-0.39, 0.29) is 11.9 Å². The minimum atomic E-state index is -0.387. The zero-order valence-electron chi connectivity index (χ0n) is 22.2. The molecule has 0 aliphatic carbocycles. The van der Waals surface area contributed by atoms with Gasteiger partial charge in [0.05, 0.1) is 18.4 Å². The molecule has 1 saturated heterocycles. The van der Waals surface area contributed by atoms with Crippen molar-refractivity contribution >= 4 is 50.6 Å². The van der Waals surface area contributed by atoms with Gasteiger partial charge in [-0.3, -0.25) is 4.79 Å². The molecule has 1 aliphatic heterocycles. The molecule has 3 aromatic rings. The maximum absolute atomic E-state index is 13.3. The molecule has 3 N–H and O–H groups in total. The number of hydrogen-bond donors (Lipinski definition) is 3. The van der Waals surface area contributed by atoms with Crippen molar-refractivity contribution < 1.29 is 19.1 Å². The summed E-state index contributed by atoms with van der Waals surface area (Å²) < 4.78 is 11.6. The van der Waals surface area contributed by atoms with E-state index in [0.717, 1.165) is 47.8 Å². The lowest BCUT2D eigenvalue weighted by atomic mass is 10.1. The predicted molar refractivity (Wildman–Crippen MR) is 159 cm³/mol. The topological polar surface area (TPSA) is 95.2 Å². The third kappa shape index (κ3) is 7.64. The second-order valence-corrected chi connectivity index (χ2v) is 9.98. The van der Waals surface area contributed by atoms with Gasteiger partial charge in [-0.15, -0.1) is 0 Å². The van der Waals surface area contributed by atoms with E-state index in [1.807, 2.05) is 42.5 Å². The van der Waals surface area contributed by atoms with Gasteiger partial charge in [-0.05, 0) is 61.0 Å². The van der Waals surface area contributed by atoms with Crippen molar-refractivity contribution in [3.8, 4) is 5.75 Å². The Balaban J connectivity index is 1.49. The monoisotopic (exact) mass is 595 g/mol. The Morgan fingerprint density at radius 3 is 2.18 bits per heavy atom. The van der Waals surface area contributed by atoms with Crippen molar-refractivity contribution in [1.82, 2.24) is 5.32 Å². The molecule has 39 heavy (non-hydrogen) atoms. The van der Waals surface area contributed by atoms with Crippen LogP contribution in [0, 0.1) is 0 Å². The van der Waals surface area contributed by atoms with Crippen molar-refractivity contribution in [3.63, 3.8) is 0 Å². The van der Waals surface area contributed by atoms with Crippen molar-refractivity contribution in [1.29, 1.82) is 0 Å². The van der Waals surface area contributed by atoms with Crippen LogP contribution in [-0.4, -0.2) is 65.5 Å². The predicted octanol–water partition coefficient (Wildman–Crippen LogP) is 5.19. The first kappa shape index (κ1) is 28.3. The summed E-state index contributed by atoms with van der Waals surface area (Å²) in [5.74, 6) is 0.657. The molecule has 10 heteroatoms. The van der Waals surface area contributed by atoms with Gasteiger partial charge < -0.3 is 35.2 Å². The van der Waals surface area contributed by atoms with Crippen molar-refractivity contribution in [3.05, 3.63) is 76.8 Å². The number of ether oxygens (including phenoxy) is 2. The number of amides is 3. The third-order valence-corrected chi connectivity index (χ3v) is 6.99. The van der Waals surface area contributed by atoms with E-state index in [1.54, 1.807) is 32.4 Å². The molecule has 3 amide bonds. The highest BCUT2D eigenvalue weighted by molar-refractivity contribution is 9.10. The number of piperazine rings is 1. The Kier molecular flexibility index (Phi) is 10.0. The largest absolute Gasteiger partial charge is 0.495 e. The second kappa shape index (κ2) is 13.9. The molecule has 0 atom stereocenters. The van der Waals surface area contributed by atoms with E-state index in [2.05, 4.69) is 47.7 Å². The van der Waals surface area contributed by atoms with Crippen LogP contribution in [0.25, 0.3) is 0 Å². The molecule has 1 fully saturated rings. The molecule has 4 rings (SSSR count). The van der Waals surface area contributed by atoms with Gasteiger partial charge >= 0.3 is 6.03 Å². The minimum Gasteiger partial charge on any atom is -0.495 e. The van der Waals surface area contributed by atoms with Gasteiger partial charge in [-0.1, -0.05) is 28.1 Å². The first-order chi connectivity index (χ1) is 19.0. The number of anilines is 4. The molecule has 0 saturated carbocycles. The van der Waals surface area contributed by atoms with Crippen LogP contribution in [0.5, 0.6) is 5.75 Å². The number of nitrogens with one attached hydrogen (secondary N) is 3. The number of benzene rings is 3. The van der Waals surface area contributed by atoms with Crippen LogP contribution in [0.3, 0.4) is 0 Å². The molecule has 1 aliphatic rings. The number of nitrogens with zero attached hydrogens (tertiary/aromatic N) is 2. The lowest BCUT2D eigenvalue weighted by molar-refractivity contribution is 0.0949. The molecule has 0 unspecified atom stereocenters. The number of halogens is 1. The van der Waals surface area contributed by atoms with Gasteiger partial charge in [0.15, 0.2) is 0 Å². The van der Waals surface area contributed by atoms with Crippen LogP contribution in [-0.2, 0) is 4.74 Å². The fourth-order valence-electron chi connectivity index (χ4n) is 4.49. The summed E-state index contributed by atoms with van der Waals surface area (Å²) in [6.45, 7) is 4.10. The van der Waals surface area contributed by atoms with Crippen molar-refractivity contribution in [2.75, 3.05) is 74.0 Å². The number of urea groups is 1. The first-order valence-corrected chi connectivity index (χ1v) is 13.7. The fraction of sp³-hybridized carbons (Fsp3) is 0.310. The van der Waals surface area contributed by atoms with Crippen LogP contribution in [0.2, 0.25) is 0 Å². The first-order valence-electron chi connectivity index (χ1n) is 12.9. The van der Waals surface area contributed by atoms with Crippen LogP contribution in [0.4, 0.5) is 27.5 Å². The molecule has 0 aromatic heterocycles. The molecule has 3 aromatic carbocycles. The van der Waals surface area contributed by atoms with Gasteiger partial charge in [0.1, 0.15) is 5.75 Å². The van der Waals surface area contributed by atoms with E-state index < -0.39 is 0 Å². The molecule has 9 nitrogen and oxygen atoms in total. The van der Waals surface area contributed by atoms with Gasteiger partial charge in [-0.2, -0.15) is 0 Å². The lowest BCUT2D eigenvalue weighted by Crippen LogP contribution is -2.47. The Bertz CT molecular complexity index is 1260. The zero-order chi connectivity index (χ0) is 27.6. The van der Waals surface area contributed by atoms with E-state index in [0.29, 0.717) is 36.5 Å². The Hall–Kier alpha value is -3.76. The lowest BCUT2D eigenvalue weighted by Gasteiger charge is -2.38. The Morgan fingerprint density at radius 1 is 0.846 bits per heavy atom. The smallest absolute Gasteiger partial charge is 0.323 e. The van der Waals surface area contributed by atoms with Crippen LogP contribution < -0.4 is 30.5 Å². The average molecular weight is 597 g/mol. The quantitative estimate of drug-likeness (QED) is 0.279. The summed E-state index contributed by atoms with van der Waals surface area (Å²) in [6.07, 6.45) is 0.711. The number of hydrogen-bond acceptors (Lipinski definition) is 6. The number of rotatable bonds is 10. The molecule has 0 spiro atoms. The summed E-state index contributed by atoms with van der Waals surface area (Å²) in [5, 5.41) is 8.64. The fourth-order valence-corrected chi connectivity index (χ4v) is 4.76. The molecule has 206 valence electrons. The summed E-state index contributed by atoms with van der Waals surface area (Å²) >= 11 is 3.39. The maximum atomic E-state index is 13.3. The van der Waals surface area contributed by atoms with E-state index >= 15 is 0 Å². The standard InChI is InChI=1S/C29H34BrN5O4/c1-38-19-5-14-31-28(36)24-20-23(33-29(37)32-22-10-8-21(30)9-11-22)12-13-25(24)34-15-17-35(18-16-34)26-6-3-4-7-27(26)39-2/h3-4,6-13,20H,5,14-19H2,1-2H3,(H,31,36)(H2,32,33,37). The van der Waals surface area contributed by atoms with Crippen molar-refractivity contribution in [2.45, 2.75) is 6.42 Å². The molecule has 0 bridgehead atoms. The highest BCUT2D eigenvalue weighted by atomic mass is 79.9. The van der Waals surface area contributed by atoms with Gasteiger partial charge in [0, 0.05) is 68.0 Å². The third-order valence-electron chi connectivity index (χ3n) is 6.46. The Morgan fingerprint density at radius 2 is 1.49 bits per heavy atom. The highest BCUT2D eigenvalue weighted by Gasteiger charge is 2.24. The van der Waals surface area contributed by atoms with Crippen LogP contribution >= 0.6 is 15.9 Å². The zero-order valence-corrected chi connectivity index (χ0v) is 23.8. The second-order valence-electron chi connectivity index (χ2n) is 9.07. The maximum Gasteiger partial charge on any atom is 0.323 e. The minimum absolute atomic E-state index is 0.190. The summed E-state index contributed by atoms with van der Waals surface area (Å²) in [5.41, 5.74) is 3.60. The molecular weight excluding hydrogens is 562 g/mol. The number of carbonyl (C=O) groups is 2. The van der Waals surface area contributed by atoms with E-state index in [9.17, 15) is 9.59 Å². The molecule has 1 heterocycles. The average Bonchev–Trinajstić information content (AvgIpc) is 2.96. The summed E-state index contributed by atoms with van der Waals surface area (Å²) in [4.78, 5) is 30.4. The van der Waals surface area contributed by atoms with Gasteiger partial charge in [0.2, 0.25) is 0 Å². The van der Waals surface area contributed by atoms with Crippen LogP contribution in [0.15, 0.2) is 71.2 Å². The van der Waals surface area contributed by atoms with Crippen LogP contribution in [0.1, 0.15) is 16.8 Å². The van der Waals surface area contributed by atoms with E-state index in [4.69, 9.17) is 9.47 Å².